The molecule has 2 unspecified atom stereocenters. The van der Waals surface area contributed by atoms with Gasteiger partial charge in [0, 0.05) is 6.20 Å². The Morgan fingerprint density at radius 2 is 2.06 bits per heavy atom. The summed E-state index contributed by atoms with van der Waals surface area (Å²) in [6, 6.07) is 1.96. The molecule has 17 heavy (non-hydrogen) atoms. The van der Waals surface area contributed by atoms with E-state index >= 15 is 0 Å². The fourth-order valence-electron chi connectivity index (χ4n) is 1.76. The molecule has 0 aliphatic heterocycles. The van der Waals surface area contributed by atoms with Gasteiger partial charge in [-0.25, -0.2) is 0 Å². The van der Waals surface area contributed by atoms with E-state index in [1.54, 1.807) is 12.3 Å². The van der Waals surface area contributed by atoms with Gasteiger partial charge in [0.1, 0.15) is 0 Å². The second-order valence-corrected chi connectivity index (χ2v) is 5.18. The number of hydrogen-bond donors (Lipinski definition) is 1. The van der Waals surface area contributed by atoms with Crippen LogP contribution < -0.4 is 5.32 Å². The first-order valence-corrected chi connectivity index (χ1v) is 6.90. The average molecular weight is 275 g/mol. The van der Waals surface area contributed by atoms with E-state index in [4.69, 9.17) is 23.2 Å². The molecule has 0 aliphatic rings. The lowest BCUT2D eigenvalue weighted by Crippen LogP contribution is -2.28. The molecule has 1 rings (SSSR count). The molecule has 0 fully saturated rings. The molecule has 1 heterocycles. The van der Waals surface area contributed by atoms with Crippen molar-refractivity contribution in [3.05, 3.63) is 28.0 Å². The second kappa shape index (κ2) is 7.20. The highest BCUT2D eigenvalue weighted by atomic mass is 35.5. The Kier molecular flexibility index (Phi) is 6.24. The molecular formula is C13H20Cl2N2. The predicted molar refractivity (Wildman–Crippen MR) is 74.7 cm³/mol. The van der Waals surface area contributed by atoms with Gasteiger partial charge in [-0.1, -0.05) is 50.4 Å². The van der Waals surface area contributed by atoms with E-state index in [2.05, 4.69) is 31.1 Å². The molecule has 0 aliphatic carbocycles. The van der Waals surface area contributed by atoms with Crippen LogP contribution in [0.25, 0.3) is 0 Å². The van der Waals surface area contributed by atoms with Crippen LogP contribution in [0.4, 0.5) is 0 Å². The molecule has 1 N–H and O–H groups in total. The summed E-state index contributed by atoms with van der Waals surface area (Å²) in [6.07, 6.45) is 3.84. The van der Waals surface area contributed by atoms with Crippen molar-refractivity contribution in [3.63, 3.8) is 0 Å². The van der Waals surface area contributed by atoms with Gasteiger partial charge in [-0.3, -0.25) is 4.98 Å². The summed E-state index contributed by atoms with van der Waals surface area (Å²) in [4.78, 5) is 4.37. The standard InChI is InChI=1S/C13H20Cl2N2/c1-4-6-16-12(9(3)5-2)13-11(15)7-10(14)8-17-13/h7-9,12,16H,4-6H2,1-3H3. The van der Waals surface area contributed by atoms with Crippen molar-refractivity contribution < 1.29 is 0 Å². The van der Waals surface area contributed by atoms with Gasteiger partial charge in [0.2, 0.25) is 0 Å². The third kappa shape index (κ3) is 4.13. The van der Waals surface area contributed by atoms with E-state index in [0.717, 1.165) is 25.1 Å². The van der Waals surface area contributed by atoms with E-state index in [1.807, 2.05) is 0 Å². The Balaban J connectivity index is 2.95. The maximum atomic E-state index is 6.22. The van der Waals surface area contributed by atoms with Gasteiger partial charge in [-0.15, -0.1) is 0 Å². The lowest BCUT2D eigenvalue weighted by Gasteiger charge is -2.24. The quantitative estimate of drug-likeness (QED) is 0.828. The van der Waals surface area contributed by atoms with Gasteiger partial charge in [0.25, 0.3) is 0 Å². The summed E-state index contributed by atoms with van der Waals surface area (Å²) >= 11 is 12.1. The van der Waals surface area contributed by atoms with Crippen LogP contribution in [0.2, 0.25) is 10.0 Å². The molecule has 0 bridgehead atoms. The SMILES string of the molecule is CCCNC(c1ncc(Cl)cc1Cl)C(C)CC. The van der Waals surface area contributed by atoms with Gasteiger partial charge >= 0.3 is 0 Å². The molecule has 1 aromatic heterocycles. The highest BCUT2D eigenvalue weighted by Gasteiger charge is 2.21. The number of halogens is 2. The monoisotopic (exact) mass is 274 g/mol. The van der Waals surface area contributed by atoms with Crippen LogP contribution in [-0.2, 0) is 0 Å². The molecule has 0 saturated heterocycles. The van der Waals surface area contributed by atoms with Gasteiger partial charge in [0.05, 0.1) is 21.8 Å². The summed E-state index contributed by atoms with van der Waals surface area (Å²) < 4.78 is 0. The van der Waals surface area contributed by atoms with E-state index in [-0.39, 0.29) is 6.04 Å². The van der Waals surface area contributed by atoms with Crippen molar-refractivity contribution >= 4 is 23.2 Å². The Morgan fingerprint density at radius 3 is 2.59 bits per heavy atom. The summed E-state index contributed by atoms with van der Waals surface area (Å²) in [6.45, 7) is 7.50. The zero-order valence-electron chi connectivity index (χ0n) is 10.6. The third-order valence-corrected chi connectivity index (χ3v) is 3.47. The van der Waals surface area contributed by atoms with E-state index in [1.165, 1.54) is 0 Å². The fourth-order valence-corrected chi connectivity index (χ4v) is 2.25. The zero-order valence-corrected chi connectivity index (χ0v) is 12.1. The molecule has 96 valence electrons. The minimum atomic E-state index is 0.199. The summed E-state index contributed by atoms with van der Waals surface area (Å²) in [5, 5.41) is 4.73. The van der Waals surface area contributed by atoms with Crippen LogP contribution in [-0.4, -0.2) is 11.5 Å². The van der Waals surface area contributed by atoms with Gasteiger partial charge in [-0.05, 0) is 24.9 Å². The van der Waals surface area contributed by atoms with Gasteiger partial charge in [0.15, 0.2) is 0 Å². The van der Waals surface area contributed by atoms with Crippen molar-refractivity contribution in [1.29, 1.82) is 0 Å². The fraction of sp³-hybridized carbons (Fsp3) is 0.615. The molecule has 2 nitrogen and oxygen atoms in total. The maximum Gasteiger partial charge on any atom is 0.0762 e. The number of rotatable bonds is 6. The van der Waals surface area contributed by atoms with Crippen molar-refractivity contribution in [2.45, 2.75) is 39.7 Å². The smallest absolute Gasteiger partial charge is 0.0762 e. The second-order valence-electron chi connectivity index (χ2n) is 4.34. The van der Waals surface area contributed by atoms with Crippen LogP contribution in [0.3, 0.4) is 0 Å². The van der Waals surface area contributed by atoms with Crippen LogP contribution in [0.5, 0.6) is 0 Å². The Labute approximate surface area is 114 Å². The van der Waals surface area contributed by atoms with E-state index in [9.17, 15) is 0 Å². The molecule has 1 aromatic rings. The summed E-state index contributed by atoms with van der Waals surface area (Å²) in [5.74, 6) is 0.493. The molecule has 2 atom stereocenters. The first-order valence-electron chi connectivity index (χ1n) is 6.14. The lowest BCUT2D eigenvalue weighted by molar-refractivity contribution is 0.370. The maximum absolute atomic E-state index is 6.22. The van der Waals surface area contributed by atoms with Gasteiger partial charge < -0.3 is 5.32 Å². The summed E-state index contributed by atoms with van der Waals surface area (Å²) in [5.41, 5.74) is 0.902. The van der Waals surface area contributed by atoms with E-state index in [0.29, 0.717) is 16.0 Å². The molecule has 0 amide bonds. The van der Waals surface area contributed by atoms with Crippen LogP contribution in [0.15, 0.2) is 12.3 Å². The topological polar surface area (TPSA) is 24.9 Å². The normalized spacial score (nSPS) is 14.6. The molecule has 0 aromatic carbocycles. The molecule has 0 spiro atoms. The Bertz CT molecular complexity index is 355. The van der Waals surface area contributed by atoms with Gasteiger partial charge in [-0.2, -0.15) is 0 Å². The Morgan fingerprint density at radius 1 is 1.35 bits per heavy atom. The number of pyridine rings is 1. The molecule has 4 heteroatoms. The summed E-state index contributed by atoms with van der Waals surface area (Å²) in [7, 11) is 0. The minimum Gasteiger partial charge on any atom is -0.308 e. The van der Waals surface area contributed by atoms with Crippen LogP contribution in [0.1, 0.15) is 45.3 Å². The Hall–Kier alpha value is -0.310. The number of aromatic nitrogens is 1. The third-order valence-electron chi connectivity index (χ3n) is 2.96. The zero-order chi connectivity index (χ0) is 12.8. The number of nitrogens with zero attached hydrogens (tertiary/aromatic N) is 1. The number of hydrogen-bond acceptors (Lipinski definition) is 2. The molecular weight excluding hydrogens is 255 g/mol. The average Bonchev–Trinajstić information content (AvgIpc) is 2.31. The highest BCUT2D eigenvalue weighted by molar-refractivity contribution is 6.34. The predicted octanol–water partition coefficient (Wildman–Crippen LogP) is 4.48. The molecule has 0 saturated carbocycles. The number of nitrogens with one attached hydrogen (secondary N) is 1. The first-order chi connectivity index (χ1) is 8.10. The largest absolute Gasteiger partial charge is 0.308 e. The van der Waals surface area contributed by atoms with Crippen molar-refractivity contribution in [1.82, 2.24) is 10.3 Å². The minimum absolute atomic E-state index is 0.199. The van der Waals surface area contributed by atoms with Crippen LogP contribution in [0, 0.1) is 5.92 Å². The molecule has 0 radical (unpaired) electrons. The van der Waals surface area contributed by atoms with Crippen molar-refractivity contribution in [2.24, 2.45) is 5.92 Å². The first kappa shape index (κ1) is 14.7. The van der Waals surface area contributed by atoms with E-state index < -0.39 is 0 Å². The van der Waals surface area contributed by atoms with Crippen LogP contribution >= 0.6 is 23.2 Å². The lowest BCUT2D eigenvalue weighted by atomic mass is 9.95. The highest BCUT2D eigenvalue weighted by Crippen LogP contribution is 2.29. The van der Waals surface area contributed by atoms with Crippen molar-refractivity contribution in [3.8, 4) is 0 Å². The van der Waals surface area contributed by atoms with Crippen molar-refractivity contribution in [2.75, 3.05) is 6.54 Å².